The molecule has 102 valence electrons. The maximum absolute atomic E-state index is 10.1. The Hall–Kier alpha value is -1.10. The van der Waals surface area contributed by atoms with E-state index in [0.29, 0.717) is 12.6 Å². The van der Waals surface area contributed by atoms with Crippen LogP contribution >= 0.6 is 0 Å². The second-order valence-electron chi connectivity index (χ2n) is 4.86. The molecule has 2 atom stereocenters. The first-order valence-electron chi connectivity index (χ1n) is 6.23. The molecule has 0 aliphatic carbocycles. The lowest BCUT2D eigenvalue weighted by atomic mass is 10.1. The van der Waals surface area contributed by atoms with E-state index in [2.05, 4.69) is 17.1 Å². The third-order valence-electron chi connectivity index (χ3n) is 2.78. The smallest absolute Gasteiger partial charge is 0.119 e. The topological polar surface area (TPSA) is 44.7 Å². The number of nitrogens with one attached hydrogen (secondary N) is 1. The van der Waals surface area contributed by atoms with Gasteiger partial charge in [-0.05, 0) is 38.7 Å². The van der Waals surface area contributed by atoms with Gasteiger partial charge in [-0.25, -0.2) is 0 Å². The molecule has 1 aromatic rings. The van der Waals surface area contributed by atoms with Gasteiger partial charge in [0.05, 0.1) is 13.2 Å². The van der Waals surface area contributed by atoms with Crippen LogP contribution in [0.3, 0.4) is 0 Å². The van der Waals surface area contributed by atoms with Crippen molar-refractivity contribution in [2.24, 2.45) is 0 Å². The molecule has 0 radical (unpaired) electrons. The number of methoxy groups -OCH3 is 1. The summed E-state index contributed by atoms with van der Waals surface area (Å²) in [6, 6.07) is 7.88. The van der Waals surface area contributed by atoms with Crippen molar-refractivity contribution in [1.82, 2.24) is 10.2 Å². The van der Waals surface area contributed by atoms with Crippen LogP contribution in [0.4, 0.5) is 0 Å². The molecule has 0 saturated carbocycles. The summed E-state index contributed by atoms with van der Waals surface area (Å²) >= 11 is 0. The molecule has 1 rings (SSSR count). The molecular formula is C14H24N2O2. The summed E-state index contributed by atoms with van der Waals surface area (Å²) in [6.07, 6.45) is -0.510. The number of hydrogen-bond acceptors (Lipinski definition) is 4. The van der Waals surface area contributed by atoms with E-state index in [9.17, 15) is 5.11 Å². The molecular weight excluding hydrogens is 228 g/mol. The maximum Gasteiger partial charge on any atom is 0.119 e. The molecule has 0 amide bonds. The summed E-state index contributed by atoms with van der Waals surface area (Å²) in [7, 11) is 5.70. The predicted molar refractivity (Wildman–Crippen MR) is 74.0 cm³/mol. The van der Waals surface area contributed by atoms with Crippen molar-refractivity contribution in [2.45, 2.75) is 19.1 Å². The van der Waals surface area contributed by atoms with Crippen molar-refractivity contribution in [3.63, 3.8) is 0 Å². The molecule has 0 spiro atoms. The summed E-state index contributed by atoms with van der Waals surface area (Å²) in [5, 5.41) is 13.4. The Balaban J connectivity index is 2.46. The van der Waals surface area contributed by atoms with E-state index in [1.807, 2.05) is 38.4 Å². The number of hydrogen-bond donors (Lipinski definition) is 2. The Morgan fingerprint density at radius 2 is 2.11 bits per heavy atom. The first-order valence-corrected chi connectivity index (χ1v) is 6.23. The van der Waals surface area contributed by atoms with Crippen molar-refractivity contribution in [3.05, 3.63) is 29.8 Å². The number of rotatable bonds is 7. The Morgan fingerprint density at radius 1 is 1.39 bits per heavy atom. The molecule has 2 N–H and O–H groups in total. The first-order chi connectivity index (χ1) is 8.52. The fourth-order valence-corrected chi connectivity index (χ4v) is 1.89. The normalized spacial score (nSPS) is 14.6. The average Bonchev–Trinajstić information content (AvgIpc) is 2.35. The lowest BCUT2D eigenvalue weighted by molar-refractivity contribution is 0.167. The van der Waals surface area contributed by atoms with Crippen molar-refractivity contribution >= 4 is 0 Å². The molecule has 0 bridgehead atoms. The number of aliphatic hydroxyl groups is 1. The van der Waals surface area contributed by atoms with Crippen LogP contribution in [0.1, 0.15) is 18.6 Å². The molecule has 4 nitrogen and oxygen atoms in total. The van der Waals surface area contributed by atoms with Gasteiger partial charge in [0.25, 0.3) is 0 Å². The molecule has 4 heteroatoms. The van der Waals surface area contributed by atoms with Crippen LogP contribution in [0.25, 0.3) is 0 Å². The van der Waals surface area contributed by atoms with Gasteiger partial charge in [0.2, 0.25) is 0 Å². The highest BCUT2D eigenvalue weighted by Crippen LogP contribution is 2.18. The summed E-state index contributed by atoms with van der Waals surface area (Å²) in [5.41, 5.74) is 0.874. The SMILES string of the molecule is COc1cccc(C(O)CNC(C)CN(C)C)c1. The van der Waals surface area contributed by atoms with Crippen LogP contribution in [0.5, 0.6) is 5.75 Å². The van der Waals surface area contributed by atoms with Gasteiger partial charge in [-0.2, -0.15) is 0 Å². The van der Waals surface area contributed by atoms with Crippen molar-refractivity contribution < 1.29 is 9.84 Å². The standard InChI is InChI=1S/C14H24N2O2/c1-11(10-16(2)3)15-9-14(17)12-6-5-7-13(8-12)18-4/h5-8,11,14-15,17H,9-10H2,1-4H3. The fraction of sp³-hybridized carbons (Fsp3) is 0.571. The second-order valence-corrected chi connectivity index (χ2v) is 4.86. The lowest BCUT2D eigenvalue weighted by Crippen LogP contribution is -2.37. The number of benzene rings is 1. The predicted octanol–water partition coefficient (Wildman–Crippen LogP) is 1.27. The van der Waals surface area contributed by atoms with Gasteiger partial charge in [-0.3, -0.25) is 0 Å². The van der Waals surface area contributed by atoms with Crippen LogP contribution in [0.2, 0.25) is 0 Å². The Morgan fingerprint density at radius 3 is 2.72 bits per heavy atom. The zero-order valence-corrected chi connectivity index (χ0v) is 11.7. The Bertz CT molecular complexity index is 355. The van der Waals surface area contributed by atoms with E-state index in [1.165, 1.54) is 0 Å². The molecule has 18 heavy (non-hydrogen) atoms. The molecule has 0 saturated heterocycles. The van der Waals surface area contributed by atoms with Gasteiger partial charge >= 0.3 is 0 Å². The van der Waals surface area contributed by atoms with Crippen molar-refractivity contribution in [2.75, 3.05) is 34.3 Å². The first kappa shape index (κ1) is 15.0. The minimum Gasteiger partial charge on any atom is -0.497 e. The van der Waals surface area contributed by atoms with Gasteiger partial charge < -0.3 is 20.1 Å². The molecule has 0 aromatic heterocycles. The van der Waals surface area contributed by atoms with Gasteiger partial charge in [0.1, 0.15) is 5.75 Å². The zero-order valence-electron chi connectivity index (χ0n) is 11.7. The van der Waals surface area contributed by atoms with E-state index in [4.69, 9.17) is 4.74 Å². The molecule has 0 aliphatic heterocycles. The monoisotopic (exact) mass is 252 g/mol. The second kappa shape index (κ2) is 7.36. The largest absolute Gasteiger partial charge is 0.497 e. The van der Waals surface area contributed by atoms with E-state index < -0.39 is 6.10 Å². The Kier molecular flexibility index (Phi) is 6.12. The highest BCUT2D eigenvalue weighted by Gasteiger charge is 2.10. The molecule has 0 heterocycles. The van der Waals surface area contributed by atoms with Crippen molar-refractivity contribution in [1.29, 1.82) is 0 Å². The summed E-state index contributed by atoms with van der Waals surface area (Å²) < 4.78 is 5.15. The van der Waals surface area contributed by atoms with E-state index >= 15 is 0 Å². The van der Waals surface area contributed by atoms with E-state index in [1.54, 1.807) is 7.11 Å². The lowest BCUT2D eigenvalue weighted by Gasteiger charge is -2.20. The van der Waals surface area contributed by atoms with Crippen LogP contribution in [0.15, 0.2) is 24.3 Å². The third-order valence-corrected chi connectivity index (χ3v) is 2.78. The molecule has 1 aromatic carbocycles. The number of nitrogens with zero attached hydrogens (tertiary/aromatic N) is 1. The van der Waals surface area contributed by atoms with Gasteiger partial charge in [-0.15, -0.1) is 0 Å². The van der Waals surface area contributed by atoms with Crippen LogP contribution in [0, 0.1) is 0 Å². The van der Waals surface area contributed by atoms with Crippen LogP contribution in [-0.4, -0.2) is 50.3 Å². The highest BCUT2D eigenvalue weighted by molar-refractivity contribution is 5.29. The van der Waals surface area contributed by atoms with Gasteiger partial charge in [0.15, 0.2) is 0 Å². The number of ether oxygens (including phenoxy) is 1. The molecule has 0 aliphatic rings. The van der Waals surface area contributed by atoms with Crippen molar-refractivity contribution in [3.8, 4) is 5.75 Å². The highest BCUT2D eigenvalue weighted by atomic mass is 16.5. The summed E-state index contributed by atoms with van der Waals surface area (Å²) in [4.78, 5) is 2.12. The van der Waals surface area contributed by atoms with Crippen LogP contribution in [-0.2, 0) is 0 Å². The molecule has 2 unspecified atom stereocenters. The van der Waals surface area contributed by atoms with E-state index in [0.717, 1.165) is 17.9 Å². The third kappa shape index (κ3) is 5.04. The number of aliphatic hydroxyl groups excluding tert-OH is 1. The zero-order chi connectivity index (χ0) is 13.5. The van der Waals surface area contributed by atoms with Crippen LogP contribution < -0.4 is 10.1 Å². The minimum atomic E-state index is -0.510. The maximum atomic E-state index is 10.1. The average molecular weight is 252 g/mol. The summed E-state index contributed by atoms with van der Waals surface area (Å²) in [5.74, 6) is 0.771. The van der Waals surface area contributed by atoms with Gasteiger partial charge in [-0.1, -0.05) is 12.1 Å². The quantitative estimate of drug-likeness (QED) is 0.767. The van der Waals surface area contributed by atoms with E-state index in [-0.39, 0.29) is 0 Å². The summed E-state index contributed by atoms with van der Waals surface area (Å²) in [6.45, 7) is 3.60. The van der Waals surface area contributed by atoms with Gasteiger partial charge in [0, 0.05) is 19.1 Å². The number of likely N-dealkylation sites (N-methyl/N-ethyl adjacent to an activating group) is 1. The fourth-order valence-electron chi connectivity index (χ4n) is 1.89. The Labute approximate surface area is 110 Å². The minimum absolute atomic E-state index is 0.347. The molecule has 0 fully saturated rings.